The van der Waals surface area contributed by atoms with Gasteiger partial charge in [-0.25, -0.2) is 0 Å². The van der Waals surface area contributed by atoms with Crippen molar-refractivity contribution in [3.05, 3.63) is 223 Å². The van der Waals surface area contributed by atoms with E-state index in [4.69, 9.17) is 9.31 Å². The second-order valence-electron chi connectivity index (χ2n) is 23.6. The number of hydrogen-bond donors (Lipinski definition) is 0. The Kier molecular flexibility index (Phi) is 8.94. The van der Waals surface area contributed by atoms with Gasteiger partial charge in [-0.05, 0) is 225 Å². The van der Waals surface area contributed by atoms with Crippen LogP contribution in [-0.2, 0) is 9.31 Å². The van der Waals surface area contributed by atoms with Gasteiger partial charge in [-0.3, -0.25) is 0 Å². The van der Waals surface area contributed by atoms with Crippen LogP contribution in [-0.4, -0.2) is 18.3 Å². The van der Waals surface area contributed by atoms with E-state index in [1.807, 2.05) is 0 Å². The molecule has 0 unspecified atom stereocenters. The van der Waals surface area contributed by atoms with E-state index >= 15 is 0 Å². The van der Waals surface area contributed by atoms with E-state index in [0.717, 1.165) is 9.94 Å². The van der Waals surface area contributed by atoms with Gasteiger partial charge in [0.05, 0.1) is 11.2 Å². The van der Waals surface area contributed by atoms with Crippen molar-refractivity contribution in [2.75, 3.05) is 0 Å². The molecule has 0 aliphatic carbocycles. The Morgan fingerprint density at radius 1 is 0.287 bits per heavy atom. The standard InChI is InChI=1S/C76H48BBrO2/c1-75(2)76(3,4)80-77(79-75)58-37-35-55-64-49(58)28-17-31-52(64)68-61(41-19-8-5-9-20-41)54-34-33-46(66-47-26-14-15-27-48(47)67(72(54)66)73(55)68)45-39-44-25-16-30-51-60(44)57(40-45)74-63(43-23-12-7-13-24-43)70-53-32-18-29-50-59(78)38-36-56(65(50)53)71(70)62(69(51)74)42-21-10-6-11-22-42/h5-40H,1-4H3. The molecule has 18 rings (SSSR count). The summed E-state index contributed by atoms with van der Waals surface area (Å²) in [6.07, 6.45) is 0. The number of fused-ring (bicyclic) bond motifs is 13. The van der Waals surface area contributed by atoms with Crippen molar-refractivity contribution in [1.29, 1.82) is 0 Å². The maximum Gasteiger partial charge on any atom is 0.495 e. The van der Waals surface area contributed by atoms with E-state index < -0.39 is 18.3 Å². The zero-order chi connectivity index (χ0) is 53.1. The minimum Gasteiger partial charge on any atom is -0.399 e. The Labute approximate surface area is 470 Å². The second-order valence-corrected chi connectivity index (χ2v) is 24.4. The molecule has 1 aliphatic rings. The van der Waals surface area contributed by atoms with Crippen LogP contribution in [0.2, 0.25) is 0 Å². The topological polar surface area (TPSA) is 18.5 Å². The largest absolute Gasteiger partial charge is 0.495 e. The third-order valence-electron chi connectivity index (χ3n) is 19.1. The van der Waals surface area contributed by atoms with Crippen LogP contribution >= 0.6 is 15.9 Å². The van der Waals surface area contributed by atoms with Crippen LogP contribution in [0.25, 0.3) is 174 Å². The molecule has 2 nitrogen and oxygen atoms in total. The maximum absolute atomic E-state index is 6.79. The van der Waals surface area contributed by atoms with Gasteiger partial charge in [0.1, 0.15) is 0 Å². The van der Waals surface area contributed by atoms with Gasteiger partial charge in [-0.2, -0.15) is 0 Å². The number of halogens is 1. The van der Waals surface area contributed by atoms with Crippen molar-refractivity contribution in [3.8, 4) is 44.5 Å². The molecule has 17 aromatic rings. The van der Waals surface area contributed by atoms with Crippen molar-refractivity contribution < 1.29 is 9.31 Å². The number of hydrogen-bond acceptors (Lipinski definition) is 2. The molecule has 1 fully saturated rings. The highest BCUT2D eigenvalue weighted by Crippen LogP contribution is 2.59. The lowest BCUT2D eigenvalue weighted by atomic mass is 9.75. The van der Waals surface area contributed by atoms with Gasteiger partial charge in [0.15, 0.2) is 0 Å². The number of rotatable bonds is 5. The fourth-order valence-corrected chi connectivity index (χ4v) is 15.6. The fourth-order valence-electron chi connectivity index (χ4n) is 15.1. The lowest BCUT2D eigenvalue weighted by Crippen LogP contribution is -2.41. The van der Waals surface area contributed by atoms with Gasteiger partial charge in [-0.15, -0.1) is 0 Å². The van der Waals surface area contributed by atoms with E-state index in [0.29, 0.717) is 0 Å². The molecule has 374 valence electrons. The summed E-state index contributed by atoms with van der Waals surface area (Å²) in [5.41, 5.74) is 10.1. The van der Waals surface area contributed by atoms with Crippen LogP contribution in [0.15, 0.2) is 223 Å². The van der Waals surface area contributed by atoms with Crippen molar-refractivity contribution in [3.63, 3.8) is 0 Å². The first kappa shape index (κ1) is 45.3. The van der Waals surface area contributed by atoms with E-state index in [1.54, 1.807) is 0 Å². The smallest absolute Gasteiger partial charge is 0.399 e. The zero-order valence-corrected chi connectivity index (χ0v) is 46.1. The summed E-state index contributed by atoms with van der Waals surface area (Å²) in [7, 11) is -0.487. The SMILES string of the molecule is CC1(C)OB(c2ccc3c4c2cccc4c2c(-c4ccccc4)c4ccc(-c5cc6cccc7c8c(-c9ccccc9)c9c%10ccc(Br)c%11cccc(c9c(-c9ccccc9)c8c(c5)c67)c%11%10)c5c6ccccc6c(c45)c32)OC1(C)C. The Morgan fingerprint density at radius 2 is 0.713 bits per heavy atom. The summed E-state index contributed by atoms with van der Waals surface area (Å²) in [6.45, 7) is 8.56. The van der Waals surface area contributed by atoms with Gasteiger partial charge < -0.3 is 9.31 Å². The first-order chi connectivity index (χ1) is 39.1. The average molecular weight is 1080 g/mol. The van der Waals surface area contributed by atoms with Crippen molar-refractivity contribution >= 4 is 158 Å². The lowest BCUT2D eigenvalue weighted by molar-refractivity contribution is 0.00578. The van der Waals surface area contributed by atoms with E-state index in [9.17, 15) is 0 Å². The third-order valence-corrected chi connectivity index (χ3v) is 19.8. The fraction of sp³-hybridized carbons (Fsp3) is 0.0789. The van der Waals surface area contributed by atoms with E-state index in [2.05, 4.69) is 262 Å². The van der Waals surface area contributed by atoms with Crippen LogP contribution in [0.3, 0.4) is 0 Å². The quantitative estimate of drug-likeness (QED) is 0.160. The molecule has 1 saturated heterocycles. The summed E-state index contributed by atoms with van der Waals surface area (Å²) in [5, 5.41) is 30.8. The highest BCUT2D eigenvalue weighted by molar-refractivity contribution is 9.10. The second kappa shape index (κ2) is 15.8. The predicted octanol–water partition coefficient (Wildman–Crippen LogP) is 21.0. The highest BCUT2D eigenvalue weighted by atomic mass is 79.9. The molecule has 4 heteroatoms. The molecule has 0 radical (unpaired) electrons. The first-order valence-corrected chi connectivity index (χ1v) is 28.8. The molecule has 0 amide bonds. The van der Waals surface area contributed by atoms with Crippen molar-refractivity contribution in [1.82, 2.24) is 0 Å². The summed E-state index contributed by atoms with van der Waals surface area (Å²) in [6, 6.07) is 82.6. The Bertz CT molecular complexity index is 5460. The van der Waals surface area contributed by atoms with Crippen molar-refractivity contribution in [2.45, 2.75) is 38.9 Å². The summed E-state index contributed by atoms with van der Waals surface area (Å²) >= 11 is 3.99. The van der Waals surface area contributed by atoms with E-state index in [1.165, 1.54) is 174 Å². The average Bonchev–Trinajstić information content (AvgIpc) is 4.45. The zero-order valence-electron chi connectivity index (χ0n) is 44.6. The molecule has 17 aromatic carbocycles. The lowest BCUT2D eigenvalue weighted by Gasteiger charge is -2.32. The Morgan fingerprint density at radius 3 is 1.35 bits per heavy atom. The van der Waals surface area contributed by atoms with Gasteiger partial charge in [0.25, 0.3) is 0 Å². The molecule has 0 bridgehead atoms. The van der Waals surface area contributed by atoms with Gasteiger partial charge >= 0.3 is 7.12 Å². The summed E-state index contributed by atoms with van der Waals surface area (Å²) in [4.78, 5) is 0. The first-order valence-electron chi connectivity index (χ1n) is 28.0. The molecule has 80 heavy (non-hydrogen) atoms. The number of benzene rings is 13. The van der Waals surface area contributed by atoms with Crippen molar-refractivity contribution in [2.24, 2.45) is 0 Å². The van der Waals surface area contributed by atoms with Crippen LogP contribution in [0, 0.1) is 0 Å². The molecule has 0 saturated carbocycles. The van der Waals surface area contributed by atoms with Gasteiger partial charge in [0, 0.05) is 4.47 Å². The molecule has 0 spiro atoms. The Balaban J connectivity index is 1.00. The monoisotopic (exact) mass is 1080 g/mol. The minimum absolute atomic E-state index is 0.463. The summed E-state index contributed by atoms with van der Waals surface area (Å²) in [5.74, 6) is 0. The van der Waals surface area contributed by atoms with Crippen LogP contribution in [0.4, 0.5) is 0 Å². The minimum atomic E-state index is -0.487. The molecule has 0 N–H and O–H groups in total. The Hall–Kier alpha value is -8.64. The summed E-state index contributed by atoms with van der Waals surface area (Å²) < 4.78 is 14.7. The normalized spacial score (nSPS) is 14.9. The molecule has 0 atom stereocenters. The van der Waals surface area contributed by atoms with Gasteiger partial charge in [-0.1, -0.05) is 216 Å². The molecule has 1 heterocycles. The molecular weight excluding hydrogens is 1040 g/mol. The van der Waals surface area contributed by atoms with Gasteiger partial charge in [0.2, 0.25) is 0 Å². The van der Waals surface area contributed by atoms with Crippen LogP contribution in [0.5, 0.6) is 0 Å². The molecule has 1 aliphatic heterocycles. The van der Waals surface area contributed by atoms with Crippen LogP contribution < -0.4 is 5.46 Å². The highest BCUT2D eigenvalue weighted by Gasteiger charge is 2.52. The van der Waals surface area contributed by atoms with E-state index in [-0.39, 0.29) is 0 Å². The molecular formula is C76H48BBrO2. The predicted molar refractivity (Wildman–Crippen MR) is 346 cm³/mol. The third kappa shape index (κ3) is 5.71. The maximum atomic E-state index is 6.79. The van der Waals surface area contributed by atoms with Crippen LogP contribution in [0.1, 0.15) is 27.7 Å². The molecule has 0 aromatic heterocycles.